The molecule has 0 saturated heterocycles. The monoisotopic (exact) mass is 325 g/mol. The summed E-state index contributed by atoms with van der Waals surface area (Å²) in [5.74, 6) is -1.22. The molecule has 2 aromatic carbocycles. The van der Waals surface area contributed by atoms with E-state index in [1.807, 2.05) is 24.3 Å². The average Bonchev–Trinajstić information content (AvgIpc) is 3.35. The van der Waals surface area contributed by atoms with Gasteiger partial charge in [-0.1, -0.05) is 18.2 Å². The van der Waals surface area contributed by atoms with Crippen LogP contribution in [-0.2, 0) is 6.54 Å². The molecule has 122 valence electrons. The number of rotatable bonds is 4. The summed E-state index contributed by atoms with van der Waals surface area (Å²) in [5, 5.41) is 0. The molecule has 0 radical (unpaired) electrons. The Balaban J connectivity index is 1.82. The van der Waals surface area contributed by atoms with Crippen molar-refractivity contribution in [2.24, 2.45) is 5.73 Å². The van der Waals surface area contributed by atoms with Crippen molar-refractivity contribution in [3.63, 3.8) is 0 Å². The molecule has 3 aromatic rings. The molecule has 1 aliphatic rings. The number of nitrogens with two attached hydrogens (primary N) is 1. The van der Waals surface area contributed by atoms with Gasteiger partial charge in [-0.05, 0) is 37.1 Å². The first kappa shape index (κ1) is 14.7. The molecule has 0 unspecified atom stereocenters. The van der Waals surface area contributed by atoms with Crippen LogP contribution >= 0.6 is 0 Å². The minimum atomic E-state index is -0.678. The highest BCUT2D eigenvalue weighted by Crippen LogP contribution is 2.36. The maximum atomic E-state index is 14.3. The third-order valence-electron chi connectivity index (χ3n) is 4.45. The Bertz CT molecular complexity index is 1010. The zero-order valence-corrected chi connectivity index (χ0v) is 12.9. The van der Waals surface area contributed by atoms with Crippen molar-refractivity contribution in [1.29, 1.82) is 0 Å². The number of benzene rings is 2. The maximum Gasteiger partial charge on any atom is 0.329 e. The smallest absolute Gasteiger partial charge is 0.329 e. The summed E-state index contributed by atoms with van der Waals surface area (Å²) in [7, 11) is 0. The molecule has 0 spiro atoms. The van der Waals surface area contributed by atoms with E-state index in [1.165, 1.54) is 12.1 Å². The topological polar surface area (TPSA) is 70.0 Å². The Hall–Kier alpha value is -2.89. The van der Waals surface area contributed by atoms with Gasteiger partial charge in [-0.3, -0.25) is 13.9 Å². The molecule has 0 aliphatic heterocycles. The van der Waals surface area contributed by atoms with E-state index in [9.17, 15) is 14.0 Å². The Kier molecular flexibility index (Phi) is 3.26. The number of halogens is 1. The third-order valence-corrected chi connectivity index (χ3v) is 4.45. The van der Waals surface area contributed by atoms with Crippen LogP contribution in [0.4, 0.5) is 4.39 Å². The maximum absolute atomic E-state index is 14.3. The van der Waals surface area contributed by atoms with Gasteiger partial charge in [0, 0.05) is 17.2 Å². The molecule has 0 bridgehead atoms. The zero-order valence-electron chi connectivity index (χ0n) is 12.9. The van der Waals surface area contributed by atoms with E-state index in [4.69, 9.17) is 5.73 Å². The Labute approximate surface area is 137 Å². The first-order valence-electron chi connectivity index (χ1n) is 7.84. The van der Waals surface area contributed by atoms with Gasteiger partial charge < -0.3 is 5.73 Å². The van der Waals surface area contributed by atoms with Crippen molar-refractivity contribution in [1.82, 2.24) is 9.13 Å². The lowest BCUT2D eigenvalue weighted by Crippen LogP contribution is -2.24. The molecule has 24 heavy (non-hydrogen) atoms. The summed E-state index contributed by atoms with van der Waals surface area (Å²) >= 11 is 0. The van der Waals surface area contributed by atoms with Crippen LogP contribution in [0.3, 0.4) is 0 Å². The minimum absolute atomic E-state index is 0.115. The van der Waals surface area contributed by atoms with E-state index >= 15 is 0 Å². The number of hydrogen-bond acceptors (Lipinski definition) is 2. The van der Waals surface area contributed by atoms with Crippen LogP contribution in [0.1, 0.15) is 34.8 Å². The number of primary amides is 1. The molecule has 6 heteroatoms. The van der Waals surface area contributed by atoms with E-state index in [1.54, 1.807) is 9.13 Å². The lowest BCUT2D eigenvalue weighted by Gasteiger charge is -2.06. The first-order valence-corrected chi connectivity index (χ1v) is 7.84. The lowest BCUT2D eigenvalue weighted by atomic mass is 10.1. The normalized spacial score (nSPS) is 14.2. The fraction of sp³-hybridized carbons (Fsp3) is 0.222. The van der Waals surface area contributed by atoms with Gasteiger partial charge in [0.1, 0.15) is 5.82 Å². The third kappa shape index (κ3) is 2.31. The highest BCUT2D eigenvalue weighted by atomic mass is 19.1. The molecule has 1 aliphatic carbocycles. The molecule has 1 amide bonds. The van der Waals surface area contributed by atoms with Crippen molar-refractivity contribution in [2.45, 2.75) is 25.4 Å². The molecular weight excluding hydrogens is 309 g/mol. The predicted octanol–water partition coefficient (Wildman–Crippen LogP) is 2.42. The second kappa shape index (κ2) is 5.33. The molecule has 1 fully saturated rings. The summed E-state index contributed by atoms with van der Waals surface area (Å²) in [4.78, 5) is 23.9. The van der Waals surface area contributed by atoms with Gasteiger partial charge in [0.25, 0.3) is 0 Å². The van der Waals surface area contributed by atoms with E-state index in [0.717, 1.165) is 29.9 Å². The van der Waals surface area contributed by atoms with Gasteiger partial charge in [0.2, 0.25) is 5.91 Å². The van der Waals surface area contributed by atoms with Gasteiger partial charge in [-0.2, -0.15) is 0 Å². The first-order chi connectivity index (χ1) is 11.6. The standard InChI is InChI=1S/C18H16FN3O2/c19-14-9-11(17(20)23)5-6-12(14)10-21-15-3-1-2-4-16(15)22(18(21)24)13-7-8-13/h1-6,9,13H,7-8,10H2,(H2,20,23). The fourth-order valence-electron chi connectivity index (χ4n) is 3.07. The number of hydrogen-bond donors (Lipinski definition) is 1. The number of aromatic nitrogens is 2. The Morgan fingerprint density at radius 3 is 2.50 bits per heavy atom. The van der Waals surface area contributed by atoms with E-state index in [-0.39, 0.29) is 23.8 Å². The van der Waals surface area contributed by atoms with Crippen LogP contribution in [0.5, 0.6) is 0 Å². The number of imidazole rings is 1. The number of amides is 1. The van der Waals surface area contributed by atoms with Crippen molar-refractivity contribution in [3.05, 3.63) is 69.9 Å². The van der Waals surface area contributed by atoms with Gasteiger partial charge in [0.05, 0.1) is 17.6 Å². The van der Waals surface area contributed by atoms with Crippen molar-refractivity contribution < 1.29 is 9.18 Å². The highest BCUT2D eigenvalue weighted by molar-refractivity contribution is 5.92. The number of carbonyl (C=O) groups excluding carboxylic acids is 1. The second-order valence-electron chi connectivity index (χ2n) is 6.13. The molecule has 1 aromatic heterocycles. The second-order valence-corrected chi connectivity index (χ2v) is 6.13. The number of carbonyl (C=O) groups is 1. The Morgan fingerprint density at radius 2 is 1.88 bits per heavy atom. The predicted molar refractivity (Wildman–Crippen MR) is 88.5 cm³/mol. The van der Waals surface area contributed by atoms with Crippen molar-refractivity contribution >= 4 is 16.9 Å². The molecule has 1 saturated carbocycles. The number of nitrogens with zero attached hydrogens (tertiary/aromatic N) is 2. The molecule has 0 atom stereocenters. The fourth-order valence-corrected chi connectivity index (χ4v) is 3.07. The molecule has 1 heterocycles. The van der Waals surface area contributed by atoms with Crippen molar-refractivity contribution in [3.8, 4) is 0 Å². The summed E-state index contributed by atoms with van der Waals surface area (Å²) in [6.07, 6.45) is 1.99. The van der Waals surface area contributed by atoms with Crippen LogP contribution < -0.4 is 11.4 Å². The van der Waals surface area contributed by atoms with Crippen LogP contribution in [-0.4, -0.2) is 15.0 Å². The number of fused-ring (bicyclic) bond motifs is 1. The van der Waals surface area contributed by atoms with Crippen LogP contribution in [0.2, 0.25) is 0 Å². The SMILES string of the molecule is NC(=O)c1ccc(Cn2c(=O)n(C3CC3)c3ccccc32)c(F)c1. The average molecular weight is 325 g/mol. The molecule has 4 rings (SSSR count). The zero-order chi connectivity index (χ0) is 16.8. The molecule has 5 nitrogen and oxygen atoms in total. The lowest BCUT2D eigenvalue weighted by molar-refractivity contribution is 0.1000. The molecule has 2 N–H and O–H groups in total. The summed E-state index contributed by atoms with van der Waals surface area (Å²) in [6, 6.07) is 11.9. The van der Waals surface area contributed by atoms with Crippen LogP contribution in [0, 0.1) is 5.82 Å². The van der Waals surface area contributed by atoms with Crippen molar-refractivity contribution in [2.75, 3.05) is 0 Å². The van der Waals surface area contributed by atoms with E-state index < -0.39 is 11.7 Å². The van der Waals surface area contributed by atoms with Gasteiger partial charge in [0.15, 0.2) is 0 Å². The van der Waals surface area contributed by atoms with Gasteiger partial charge in [-0.15, -0.1) is 0 Å². The van der Waals surface area contributed by atoms with Gasteiger partial charge in [-0.25, -0.2) is 9.18 Å². The largest absolute Gasteiger partial charge is 0.366 e. The van der Waals surface area contributed by atoms with E-state index in [2.05, 4.69) is 0 Å². The quantitative estimate of drug-likeness (QED) is 0.800. The molecular formula is C18H16FN3O2. The minimum Gasteiger partial charge on any atom is -0.366 e. The summed E-state index contributed by atoms with van der Waals surface area (Å²) in [5.41, 5.74) is 7.16. The Morgan fingerprint density at radius 1 is 1.17 bits per heavy atom. The van der Waals surface area contributed by atoms with Crippen LogP contribution in [0.25, 0.3) is 11.0 Å². The summed E-state index contributed by atoms with van der Waals surface area (Å²) < 4.78 is 17.7. The highest BCUT2D eigenvalue weighted by Gasteiger charge is 2.28. The van der Waals surface area contributed by atoms with E-state index in [0.29, 0.717) is 5.56 Å². The number of para-hydroxylation sites is 2. The van der Waals surface area contributed by atoms with Gasteiger partial charge >= 0.3 is 5.69 Å². The van der Waals surface area contributed by atoms with Crippen LogP contribution in [0.15, 0.2) is 47.3 Å². The summed E-state index contributed by atoms with van der Waals surface area (Å²) in [6.45, 7) is 0.115.